The van der Waals surface area contributed by atoms with Crippen LogP contribution in [0.5, 0.6) is 0 Å². The van der Waals surface area contributed by atoms with Gasteiger partial charge in [-0.15, -0.1) is 0 Å². The molecule has 2 aromatic rings. The molecule has 0 amide bonds. The molecule has 0 radical (unpaired) electrons. The van der Waals surface area contributed by atoms with Crippen LogP contribution in [0.4, 0.5) is 0 Å². The molecule has 20 heavy (non-hydrogen) atoms. The third kappa shape index (κ3) is 4.60. The number of hydrogen-bond acceptors (Lipinski definition) is 2. The van der Waals surface area contributed by atoms with E-state index in [1.165, 1.54) is 5.56 Å². The van der Waals surface area contributed by atoms with E-state index in [9.17, 15) is 5.11 Å². The molecular weight excluding hydrogens is 338 g/mol. The minimum Gasteiger partial charge on any atom is -0.395 e. The summed E-state index contributed by atoms with van der Waals surface area (Å²) in [5.41, 5.74) is 2.30. The minimum absolute atomic E-state index is 0.140. The smallest absolute Gasteiger partial charge is 0.0558 e. The Morgan fingerprint density at radius 1 is 1.05 bits per heavy atom. The molecule has 0 spiro atoms. The van der Waals surface area contributed by atoms with Crippen LogP contribution in [0.1, 0.15) is 11.1 Å². The number of benzene rings is 2. The largest absolute Gasteiger partial charge is 0.395 e. The first-order valence-electron chi connectivity index (χ1n) is 6.50. The second-order valence-electron chi connectivity index (χ2n) is 4.66. The highest BCUT2D eigenvalue weighted by atomic mass is 79.9. The van der Waals surface area contributed by atoms with E-state index >= 15 is 0 Å². The van der Waals surface area contributed by atoms with Crippen LogP contribution in [0.3, 0.4) is 0 Å². The van der Waals surface area contributed by atoms with Crippen molar-refractivity contribution in [3.05, 3.63) is 69.2 Å². The predicted molar refractivity (Wildman–Crippen MR) is 86.8 cm³/mol. The topological polar surface area (TPSA) is 23.5 Å². The summed E-state index contributed by atoms with van der Waals surface area (Å²) in [6.45, 7) is 2.29. The van der Waals surface area contributed by atoms with Gasteiger partial charge in [0.25, 0.3) is 0 Å². The van der Waals surface area contributed by atoms with E-state index in [2.05, 4.69) is 33.0 Å². The lowest BCUT2D eigenvalue weighted by atomic mass is 10.1. The minimum atomic E-state index is 0.140. The Balaban J connectivity index is 2.09. The molecule has 2 aromatic carbocycles. The molecule has 106 valence electrons. The molecule has 0 atom stereocenters. The highest BCUT2D eigenvalue weighted by molar-refractivity contribution is 9.10. The van der Waals surface area contributed by atoms with Crippen LogP contribution in [0.2, 0.25) is 5.02 Å². The average Bonchev–Trinajstić information content (AvgIpc) is 2.43. The quantitative estimate of drug-likeness (QED) is 0.844. The van der Waals surface area contributed by atoms with Crippen molar-refractivity contribution in [3.8, 4) is 0 Å². The normalized spacial score (nSPS) is 11.0. The second kappa shape index (κ2) is 7.79. The molecule has 0 bridgehead atoms. The van der Waals surface area contributed by atoms with E-state index in [1.54, 1.807) is 0 Å². The van der Waals surface area contributed by atoms with Crippen LogP contribution >= 0.6 is 27.5 Å². The Bertz CT molecular complexity index is 547. The maximum absolute atomic E-state index is 9.22. The highest BCUT2D eigenvalue weighted by Crippen LogP contribution is 2.23. The highest BCUT2D eigenvalue weighted by Gasteiger charge is 2.09. The molecule has 0 aliphatic heterocycles. The van der Waals surface area contributed by atoms with Crippen LogP contribution in [-0.4, -0.2) is 23.2 Å². The Morgan fingerprint density at radius 2 is 1.80 bits per heavy atom. The molecule has 2 rings (SSSR count). The van der Waals surface area contributed by atoms with Crippen molar-refractivity contribution in [3.63, 3.8) is 0 Å². The van der Waals surface area contributed by atoms with E-state index in [1.807, 2.05) is 36.4 Å². The lowest BCUT2D eigenvalue weighted by Crippen LogP contribution is -2.26. The summed E-state index contributed by atoms with van der Waals surface area (Å²) in [6.07, 6.45) is 0. The van der Waals surface area contributed by atoms with Gasteiger partial charge in [0, 0.05) is 29.1 Å². The van der Waals surface area contributed by atoms with Gasteiger partial charge in [-0.25, -0.2) is 0 Å². The van der Waals surface area contributed by atoms with Crippen LogP contribution in [0.15, 0.2) is 53.0 Å². The van der Waals surface area contributed by atoms with Gasteiger partial charge in [-0.2, -0.15) is 0 Å². The lowest BCUT2D eigenvalue weighted by Gasteiger charge is -2.22. The summed E-state index contributed by atoms with van der Waals surface area (Å²) in [5.74, 6) is 0. The molecular formula is C16H17BrClNO. The van der Waals surface area contributed by atoms with Gasteiger partial charge < -0.3 is 5.11 Å². The van der Waals surface area contributed by atoms with Gasteiger partial charge in [0.15, 0.2) is 0 Å². The number of halogens is 2. The Hall–Kier alpha value is -0.870. The van der Waals surface area contributed by atoms with Crippen molar-refractivity contribution in [2.24, 2.45) is 0 Å². The van der Waals surface area contributed by atoms with Crippen LogP contribution in [0, 0.1) is 0 Å². The maximum atomic E-state index is 9.22. The van der Waals surface area contributed by atoms with Gasteiger partial charge in [-0.05, 0) is 23.3 Å². The third-order valence-corrected chi connectivity index (χ3v) is 3.92. The van der Waals surface area contributed by atoms with Crippen molar-refractivity contribution in [2.75, 3.05) is 13.2 Å². The van der Waals surface area contributed by atoms with Crippen molar-refractivity contribution in [1.29, 1.82) is 0 Å². The molecule has 1 N–H and O–H groups in total. The summed E-state index contributed by atoms with van der Waals surface area (Å²) >= 11 is 9.67. The third-order valence-electron chi connectivity index (χ3n) is 3.07. The first-order valence-corrected chi connectivity index (χ1v) is 7.67. The van der Waals surface area contributed by atoms with Crippen LogP contribution in [0.25, 0.3) is 0 Å². The summed E-state index contributed by atoms with van der Waals surface area (Å²) < 4.78 is 0.975. The molecule has 0 fully saturated rings. The van der Waals surface area contributed by atoms with Crippen LogP contribution < -0.4 is 0 Å². The second-order valence-corrected chi connectivity index (χ2v) is 5.98. The molecule has 0 aliphatic carbocycles. The van der Waals surface area contributed by atoms with Gasteiger partial charge >= 0.3 is 0 Å². The summed E-state index contributed by atoms with van der Waals surface area (Å²) in [7, 11) is 0. The number of rotatable bonds is 6. The molecule has 0 saturated carbocycles. The fraction of sp³-hybridized carbons (Fsp3) is 0.250. The molecule has 0 unspecified atom stereocenters. The van der Waals surface area contributed by atoms with Crippen molar-refractivity contribution >= 4 is 27.5 Å². The Labute approximate surface area is 133 Å². The zero-order chi connectivity index (χ0) is 14.4. The van der Waals surface area contributed by atoms with E-state index in [4.69, 9.17) is 11.6 Å². The molecule has 0 saturated heterocycles. The molecule has 0 aromatic heterocycles. The SMILES string of the molecule is OCCN(Cc1ccccc1)Cc1ccc(Br)cc1Cl. The first-order chi connectivity index (χ1) is 9.69. The first kappa shape index (κ1) is 15.5. The fourth-order valence-electron chi connectivity index (χ4n) is 2.09. The van der Waals surface area contributed by atoms with E-state index in [0.29, 0.717) is 6.54 Å². The maximum Gasteiger partial charge on any atom is 0.0558 e. The van der Waals surface area contributed by atoms with Crippen LogP contribution in [-0.2, 0) is 13.1 Å². The van der Waals surface area contributed by atoms with E-state index in [0.717, 1.165) is 28.1 Å². The van der Waals surface area contributed by atoms with Gasteiger partial charge in [-0.1, -0.05) is 63.9 Å². The summed E-state index contributed by atoms with van der Waals surface area (Å²) in [6, 6.07) is 16.1. The van der Waals surface area contributed by atoms with Gasteiger partial charge in [0.05, 0.1) is 6.61 Å². The number of nitrogens with zero attached hydrogens (tertiary/aromatic N) is 1. The zero-order valence-corrected chi connectivity index (χ0v) is 13.4. The Kier molecular flexibility index (Phi) is 6.05. The molecule has 2 nitrogen and oxygen atoms in total. The monoisotopic (exact) mass is 353 g/mol. The lowest BCUT2D eigenvalue weighted by molar-refractivity contribution is 0.184. The Morgan fingerprint density at radius 3 is 2.45 bits per heavy atom. The predicted octanol–water partition coefficient (Wildman–Crippen LogP) is 4.10. The molecule has 4 heteroatoms. The van der Waals surface area contributed by atoms with E-state index < -0.39 is 0 Å². The van der Waals surface area contributed by atoms with Crippen molar-refractivity contribution in [2.45, 2.75) is 13.1 Å². The van der Waals surface area contributed by atoms with E-state index in [-0.39, 0.29) is 6.61 Å². The number of aliphatic hydroxyl groups is 1. The van der Waals surface area contributed by atoms with Gasteiger partial charge in [-0.3, -0.25) is 4.90 Å². The molecule has 0 aliphatic rings. The van der Waals surface area contributed by atoms with Crippen molar-refractivity contribution < 1.29 is 5.11 Å². The average molecular weight is 355 g/mol. The standard InChI is InChI=1S/C16H17BrClNO/c17-15-7-6-14(16(18)10-15)12-19(8-9-20)11-13-4-2-1-3-5-13/h1-7,10,20H,8-9,11-12H2. The number of aliphatic hydroxyl groups excluding tert-OH is 1. The van der Waals surface area contributed by atoms with Gasteiger partial charge in [0.2, 0.25) is 0 Å². The van der Waals surface area contributed by atoms with Crippen molar-refractivity contribution in [1.82, 2.24) is 4.90 Å². The number of hydrogen-bond donors (Lipinski definition) is 1. The van der Waals surface area contributed by atoms with Gasteiger partial charge in [0.1, 0.15) is 0 Å². The summed E-state index contributed by atoms with van der Waals surface area (Å²) in [4.78, 5) is 2.18. The molecule has 0 heterocycles. The summed E-state index contributed by atoms with van der Waals surface area (Å²) in [5, 5.41) is 9.97. The fourth-order valence-corrected chi connectivity index (χ4v) is 2.82. The zero-order valence-electron chi connectivity index (χ0n) is 11.1.